The molecule has 5 nitrogen and oxygen atoms in total. The molecule has 3 aliphatic rings. The third-order valence-corrected chi connectivity index (χ3v) is 5.63. The molecular weight excluding hydrogens is 304 g/mol. The molecule has 1 unspecified atom stereocenters. The summed E-state index contributed by atoms with van der Waals surface area (Å²) >= 11 is 0. The standard InChI is InChI=1S/C19H24N2O3/c22-17-5-2-8-20(17)12-15-3-1-4-16(11-15)18(23)21-9-6-19(13-21)7-10-24-14-19/h1,3-4,11H,2,5-10,12-14H2. The number of amides is 2. The molecular formula is C19H24N2O3. The summed E-state index contributed by atoms with van der Waals surface area (Å²) in [5.41, 5.74) is 1.96. The van der Waals surface area contributed by atoms with Gasteiger partial charge in [0.05, 0.1) is 6.61 Å². The van der Waals surface area contributed by atoms with Crippen molar-refractivity contribution < 1.29 is 14.3 Å². The van der Waals surface area contributed by atoms with Crippen molar-refractivity contribution in [3.05, 3.63) is 35.4 Å². The van der Waals surface area contributed by atoms with Gasteiger partial charge in [0, 0.05) is 50.2 Å². The van der Waals surface area contributed by atoms with E-state index < -0.39 is 0 Å². The Balaban J connectivity index is 1.45. The molecule has 3 aliphatic heterocycles. The van der Waals surface area contributed by atoms with Crippen LogP contribution in [0.4, 0.5) is 0 Å². The van der Waals surface area contributed by atoms with Crippen molar-refractivity contribution in [2.24, 2.45) is 5.41 Å². The van der Waals surface area contributed by atoms with Crippen LogP contribution < -0.4 is 0 Å². The lowest BCUT2D eigenvalue weighted by Gasteiger charge is -2.22. The third kappa shape index (κ3) is 2.93. The molecule has 1 spiro atoms. The molecule has 1 atom stereocenters. The number of benzene rings is 1. The Morgan fingerprint density at radius 3 is 2.92 bits per heavy atom. The quantitative estimate of drug-likeness (QED) is 0.853. The van der Waals surface area contributed by atoms with Crippen molar-refractivity contribution in [3.63, 3.8) is 0 Å². The van der Waals surface area contributed by atoms with E-state index in [1.54, 1.807) is 0 Å². The van der Waals surface area contributed by atoms with Gasteiger partial charge < -0.3 is 14.5 Å². The number of hydrogen-bond donors (Lipinski definition) is 0. The van der Waals surface area contributed by atoms with E-state index in [0.717, 1.165) is 63.2 Å². The lowest BCUT2D eigenvalue weighted by atomic mass is 9.87. The number of ether oxygens (including phenoxy) is 1. The van der Waals surface area contributed by atoms with Crippen molar-refractivity contribution in [1.82, 2.24) is 9.80 Å². The summed E-state index contributed by atoms with van der Waals surface area (Å²) in [5.74, 6) is 0.322. The van der Waals surface area contributed by atoms with Crippen molar-refractivity contribution in [3.8, 4) is 0 Å². The Morgan fingerprint density at radius 1 is 1.25 bits per heavy atom. The van der Waals surface area contributed by atoms with Crippen LogP contribution in [0.5, 0.6) is 0 Å². The number of rotatable bonds is 3. The van der Waals surface area contributed by atoms with Crippen LogP contribution in [0.15, 0.2) is 24.3 Å². The molecule has 4 rings (SSSR count). The van der Waals surface area contributed by atoms with Gasteiger partial charge in [-0.1, -0.05) is 12.1 Å². The van der Waals surface area contributed by atoms with Gasteiger partial charge in [0.1, 0.15) is 0 Å². The fourth-order valence-electron chi connectivity index (χ4n) is 4.16. The first-order valence-corrected chi connectivity index (χ1v) is 8.89. The third-order valence-electron chi connectivity index (χ3n) is 5.63. The van der Waals surface area contributed by atoms with Gasteiger partial charge in [0.25, 0.3) is 5.91 Å². The van der Waals surface area contributed by atoms with Gasteiger partial charge in [-0.05, 0) is 37.0 Å². The summed E-state index contributed by atoms with van der Waals surface area (Å²) < 4.78 is 5.54. The molecule has 3 saturated heterocycles. The predicted octanol–water partition coefficient (Wildman–Crippen LogP) is 2.06. The first-order valence-electron chi connectivity index (χ1n) is 8.89. The maximum absolute atomic E-state index is 12.8. The molecule has 0 bridgehead atoms. The first kappa shape index (κ1) is 15.6. The van der Waals surface area contributed by atoms with Gasteiger partial charge >= 0.3 is 0 Å². The lowest BCUT2D eigenvalue weighted by Crippen LogP contribution is -2.32. The summed E-state index contributed by atoms with van der Waals surface area (Å²) in [5, 5.41) is 0. The second kappa shape index (κ2) is 6.20. The molecule has 2 amide bonds. The number of carbonyl (C=O) groups excluding carboxylic acids is 2. The van der Waals surface area contributed by atoms with Gasteiger partial charge in [-0.2, -0.15) is 0 Å². The molecule has 24 heavy (non-hydrogen) atoms. The SMILES string of the molecule is O=C1CCCN1Cc1cccc(C(=O)N2CCC3(CCOC3)C2)c1. The van der Waals surface area contributed by atoms with E-state index >= 15 is 0 Å². The van der Waals surface area contributed by atoms with Crippen molar-refractivity contribution in [2.75, 3.05) is 32.8 Å². The molecule has 0 saturated carbocycles. The average Bonchev–Trinajstić information content (AvgIpc) is 3.32. The second-order valence-electron chi connectivity index (χ2n) is 7.40. The van der Waals surface area contributed by atoms with E-state index in [1.807, 2.05) is 34.1 Å². The van der Waals surface area contributed by atoms with E-state index in [-0.39, 0.29) is 17.2 Å². The van der Waals surface area contributed by atoms with E-state index in [9.17, 15) is 9.59 Å². The van der Waals surface area contributed by atoms with Crippen LogP contribution in [-0.2, 0) is 16.1 Å². The highest BCUT2D eigenvalue weighted by Gasteiger charge is 2.42. The zero-order valence-electron chi connectivity index (χ0n) is 14.0. The minimum Gasteiger partial charge on any atom is -0.381 e. The Labute approximate surface area is 142 Å². The molecule has 0 N–H and O–H groups in total. The molecule has 0 aromatic heterocycles. The number of likely N-dealkylation sites (tertiary alicyclic amines) is 2. The zero-order valence-corrected chi connectivity index (χ0v) is 14.0. The average molecular weight is 328 g/mol. The summed E-state index contributed by atoms with van der Waals surface area (Å²) in [4.78, 5) is 28.5. The van der Waals surface area contributed by atoms with Crippen LogP contribution in [-0.4, -0.2) is 54.5 Å². The highest BCUT2D eigenvalue weighted by Crippen LogP contribution is 2.38. The fraction of sp³-hybridized carbons (Fsp3) is 0.579. The van der Waals surface area contributed by atoms with Crippen LogP contribution in [0.2, 0.25) is 0 Å². The molecule has 128 valence electrons. The topological polar surface area (TPSA) is 49.9 Å². The van der Waals surface area contributed by atoms with Gasteiger partial charge in [0.2, 0.25) is 5.91 Å². The van der Waals surface area contributed by atoms with Crippen LogP contribution in [0.1, 0.15) is 41.6 Å². The Hall–Kier alpha value is -1.88. The van der Waals surface area contributed by atoms with Crippen LogP contribution in [0, 0.1) is 5.41 Å². The highest BCUT2D eigenvalue weighted by atomic mass is 16.5. The van der Waals surface area contributed by atoms with E-state index in [1.165, 1.54) is 0 Å². The zero-order chi connectivity index (χ0) is 16.6. The van der Waals surface area contributed by atoms with Crippen molar-refractivity contribution in [2.45, 2.75) is 32.2 Å². The van der Waals surface area contributed by atoms with Gasteiger partial charge in [-0.25, -0.2) is 0 Å². The highest BCUT2D eigenvalue weighted by molar-refractivity contribution is 5.94. The number of hydrogen-bond acceptors (Lipinski definition) is 3. The molecule has 3 heterocycles. The molecule has 0 aliphatic carbocycles. The van der Waals surface area contributed by atoms with Crippen LogP contribution >= 0.6 is 0 Å². The van der Waals surface area contributed by atoms with E-state index in [2.05, 4.69) is 0 Å². The first-order chi connectivity index (χ1) is 11.7. The summed E-state index contributed by atoms with van der Waals surface area (Å²) in [6.07, 6.45) is 3.69. The molecule has 3 fully saturated rings. The Bertz CT molecular complexity index is 652. The minimum atomic E-state index is 0.105. The van der Waals surface area contributed by atoms with Gasteiger partial charge in [-0.15, -0.1) is 0 Å². The Kier molecular flexibility index (Phi) is 4.04. The fourth-order valence-corrected chi connectivity index (χ4v) is 4.16. The number of nitrogens with zero attached hydrogens (tertiary/aromatic N) is 2. The molecule has 1 aromatic carbocycles. The lowest BCUT2D eigenvalue weighted by molar-refractivity contribution is -0.128. The normalized spacial score (nSPS) is 26.8. The van der Waals surface area contributed by atoms with Crippen LogP contribution in [0.25, 0.3) is 0 Å². The number of carbonyl (C=O) groups is 2. The molecule has 1 aromatic rings. The van der Waals surface area contributed by atoms with Gasteiger partial charge in [0.15, 0.2) is 0 Å². The summed E-state index contributed by atoms with van der Waals surface area (Å²) in [7, 11) is 0. The Morgan fingerprint density at radius 2 is 2.17 bits per heavy atom. The van der Waals surface area contributed by atoms with Crippen molar-refractivity contribution >= 4 is 11.8 Å². The predicted molar refractivity (Wildman–Crippen MR) is 89.5 cm³/mol. The maximum atomic E-state index is 12.8. The van der Waals surface area contributed by atoms with Crippen LogP contribution in [0.3, 0.4) is 0 Å². The van der Waals surface area contributed by atoms with E-state index in [4.69, 9.17) is 4.74 Å². The maximum Gasteiger partial charge on any atom is 0.253 e. The van der Waals surface area contributed by atoms with E-state index in [0.29, 0.717) is 13.0 Å². The smallest absolute Gasteiger partial charge is 0.253 e. The molecule has 5 heteroatoms. The minimum absolute atomic E-state index is 0.105. The van der Waals surface area contributed by atoms with Crippen molar-refractivity contribution in [1.29, 1.82) is 0 Å². The summed E-state index contributed by atoms with van der Waals surface area (Å²) in [6.45, 7) is 4.66. The van der Waals surface area contributed by atoms with Gasteiger partial charge in [-0.3, -0.25) is 9.59 Å². The summed E-state index contributed by atoms with van der Waals surface area (Å²) in [6, 6.07) is 7.75. The molecule has 0 radical (unpaired) electrons. The largest absolute Gasteiger partial charge is 0.381 e. The second-order valence-corrected chi connectivity index (χ2v) is 7.40. The monoisotopic (exact) mass is 328 g/mol.